The Morgan fingerprint density at radius 1 is 1.39 bits per heavy atom. The first-order chi connectivity index (χ1) is 10.5. The van der Waals surface area contributed by atoms with Gasteiger partial charge in [-0.25, -0.2) is 8.78 Å². The van der Waals surface area contributed by atoms with Gasteiger partial charge in [-0.3, -0.25) is 4.79 Å². The van der Waals surface area contributed by atoms with Crippen LogP contribution in [0.1, 0.15) is 0 Å². The van der Waals surface area contributed by atoms with Gasteiger partial charge in [0.1, 0.15) is 12.4 Å². The quantitative estimate of drug-likeness (QED) is 0.533. The molecule has 2 aromatic rings. The molecule has 0 aliphatic heterocycles. The average molecular weight is 414 g/mol. The van der Waals surface area contributed by atoms with Crippen LogP contribution < -0.4 is 10.3 Å². The molecular weight excluding hydrogens is 401 g/mol. The van der Waals surface area contributed by atoms with Crippen LogP contribution >= 0.6 is 11.6 Å². The van der Waals surface area contributed by atoms with E-state index in [1.54, 1.807) is 24.3 Å². The molecule has 0 aliphatic rings. The Bertz CT molecular complexity index is 734. The summed E-state index contributed by atoms with van der Waals surface area (Å²) < 4.78 is 31.6. The van der Waals surface area contributed by atoms with Crippen LogP contribution in [0.5, 0.6) is 5.75 Å². The van der Waals surface area contributed by atoms with Gasteiger partial charge in [-0.1, -0.05) is 41.6 Å². The van der Waals surface area contributed by atoms with Crippen molar-refractivity contribution in [3.8, 4) is 17.0 Å². The molecule has 0 fully saturated rings. The van der Waals surface area contributed by atoms with E-state index in [4.69, 9.17) is 16.3 Å². The molecular formula is C16H13ClF2NO2Y-. The fourth-order valence-electron chi connectivity index (χ4n) is 1.95. The van der Waals surface area contributed by atoms with E-state index >= 15 is 0 Å². The fraction of sp³-hybridized carbons (Fsp3) is 0.188. The van der Waals surface area contributed by atoms with E-state index in [9.17, 15) is 13.6 Å². The molecule has 1 radical (unpaired) electrons. The molecule has 0 spiro atoms. The second kappa shape index (κ2) is 9.31. The predicted octanol–water partition coefficient (Wildman–Crippen LogP) is 3.80. The molecule has 7 heteroatoms. The number of aromatic nitrogens is 1. The number of pyridine rings is 1. The van der Waals surface area contributed by atoms with Gasteiger partial charge in [-0.05, 0) is 17.2 Å². The summed E-state index contributed by atoms with van der Waals surface area (Å²) >= 11 is 6.18. The van der Waals surface area contributed by atoms with Crippen molar-refractivity contribution in [2.24, 2.45) is 0 Å². The van der Waals surface area contributed by atoms with E-state index in [-0.39, 0.29) is 43.4 Å². The standard InChI is InChI=1S/C16H13ClF2NO2.Y/c1-2-8-22-11-6-7-12(13(17)9-11)14-4-3-5-16(21)20(14)10-15(18)19;/h2-3,5-7,9,15H,1,8,10H2;/q-1;. The van der Waals surface area contributed by atoms with Gasteiger partial charge in [-0.15, -0.1) is 6.07 Å². The van der Waals surface area contributed by atoms with Gasteiger partial charge >= 0.3 is 0 Å². The van der Waals surface area contributed by atoms with Crippen molar-refractivity contribution in [1.29, 1.82) is 0 Å². The second-order valence-electron chi connectivity index (χ2n) is 4.41. The zero-order chi connectivity index (χ0) is 16.1. The van der Waals surface area contributed by atoms with Crippen molar-refractivity contribution in [2.75, 3.05) is 6.61 Å². The van der Waals surface area contributed by atoms with Crippen LogP contribution in [-0.2, 0) is 39.3 Å². The first kappa shape index (κ1) is 20.0. The number of nitrogens with zero attached hydrogens (tertiary/aromatic N) is 1. The normalized spacial score (nSPS) is 10.3. The minimum absolute atomic E-state index is 0. The largest absolute Gasteiger partial charge is 0.490 e. The number of benzene rings is 1. The van der Waals surface area contributed by atoms with E-state index in [2.05, 4.69) is 12.6 Å². The van der Waals surface area contributed by atoms with Gasteiger partial charge in [0.05, 0.1) is 6.54 Å². The van der Waals surface area contributed by atoms with Gasteiger partial charge in [0.2, 0.25) is 0 Å². The molecule has 0 saturated carbocycles. The van der Waals surface area contributed by atoms with Crippen molar-refractivity contribution in [3.05, 3.63) is 64.4 Å². The number of hydrogen-bond acceptors (Lipinski definition) is 2. The Morgan fingerprint density at radius 2 is 2.13 bits per heavy atom. The van der Waals surface area contributed by atoms with Crippen LogP contribution in [0.2, 0.25) is 5.02 Å². The molecule has 1 aromatic carbocycles. The van der Waals surface area contributed by atoms with Gasteiger partial charge in [0.25, 0.3) is 6.43 Å². The van der Waals surface area contributed by atoms with Crippen molar-refractivity contribution >= 4 is 11.6 Å². The molecule has 0 N–H and O–H groups in total. The SMILES string of the molecule is C=CCOc1ccc(-c2[c-]ccc(=O)n2CC(F)F)c(Cl)c1.[Y]. The number of hydrogen-bond donors (Lipinski definition) is 0. The summed E-state index contributed by atoms with van der Waals surface area (Å²) in [5, 5.41) is 0.284. The van der Waals surface area contributed by atoms with Gasteiger partial charge in [0, 0.05) is 32.7 Å². The van der Waals surface area contributed by atoms with Gasteiger partial charge in [-0.2, -0.15) is 12.1 Å². The molecule has 0 bridgehead atoms. The van der Waals surface area contributed by atoms with Crippen LogP contribution in [0.3, 0.4) is 0 Å². The molecule has 119 valence electrons. The Labute approximate surface area is 162 Å². The summed E-state index contributed by atoms with van der Waals surface area (Å²) in [5.74, 6) is 0.521. The predicted molar refractivity (Wildman–Crippen MR) is 81.7 cm³/mol. The third kappa shape index (κ3) is 5.23. The van der Waals surface area contributed by atoms with Crippen molar-refractivity contribution in [3.63, 3.8) is 0 Å². The topological polar surface area (TPSA) is 31.2 Å². The van der Waals surface area contributed by atoms with Gasteiger partial charge in [0.15, 0.2) is 5.56 Å². The molecule has 1 aromatic heterocycles. The van der Waals surface area contributed by atoms with E-state index in [1.165, 1.54) is 12.1 Å². The Hall–Kier alpha value is -1.04. The van der Waals surface area contributed by atoms with Crippen molar-refractivity contribution in [1.82, 2.24) is 4.57 Å². The number of ether oxygens (including phenoxy) is 1. The monoisotopic (exact) mass is 413 g/mol. The summed E-state index contributed by atoms with van der Waals surface area (Å²) in [7, 11) is 0. The van der Waals surface area contributed by atoms with E-state index < -0.39 is 18.5 Å². The maximum Gasteiger partial charge on any atom is 0.256 e. The maximum atomic E-state index is 12.7. The summed E-state index contributed by atoms with van der Waals surface area (Å²) in [5.41, 5.74) is 0.121. The molecule has 2 rings (SSSR count). The van der Waals surface area contributed by atoms with E-state index in [0.717, 1.165) is 4.57 Å². The summed E-state index contributed by atoms with van der Waals surface area (Å²) in [4.78, 5) is 11.8. The number of rotatable bonds is 6. The van der Waals surface area contributed by atoms with E-state index in [1.807, 2.05) is 0 Å². The number of halogens is 3. The second-order valence-corrected chi connectivity index (χ2v) is 4.81. The average Bonchev–Trinajstić information content (AvgIpc) is 2.47. The van der Waals surface area contributed by atoms with Crippen LogP contribution in [0.4, 0.5) is 8.78 Å². The molecule has 0 aliphatic carbocycles. The Balaban J connectivity index is 0.00000264. The van der Waals surface area contributed by atoms with Crippen LogP contribution in [-0.4, -0.2) is 17.6 Å². The van der Waals surface area contributed by atoms with Gasteiger partial charge < -0.3 is 9.30 Å². The summed E-state index contributed by atoms with van der Waals surface area (Å²) in [6, 6.07) is 10.2. The maximum absolute atomic E-state index is 12.7. The summed E-state index contributed by atoms with van der Waals surface area (Å²) in [6.07, 6.45) is -1.06. The Kier molecular flexibility index (Phi) is 8.10. The summed E-state index contributed by atoms with van der Waals surface area (Å²) in [6.45, 7) is 3.15. The van der Waals surface area contributed by atoms with E-state index in [0.29, 0.717) is 17.9 Å². The fourth-order valence-corrected chi connectivity index (χ4v) is 2.21. The first-order valence-corrected chi connectivity index (χ1v) is 6.84. The molecule has 0 atom stereocenters. The third-order valence-corrected chi connectivity index (χ3v) is 3.18. The molecule has 3 nitrogen and oxygen atoms in total. The Morgan fingerprint density at radius 3 is 2.74 bits per heavy atom. The minimum Gasteiger partial charge on any atom is -0.490 e. The van der Waals surface area contributed by atoms with Crippen LogP contribution in [0.15, 0.2) is 47.8 Å². The molecule has 23 heavy (non-hydrogen) atoms. The smallest absolute Gasteiger partial charge is 0.256 e. The molecule has 1 heterocycles. The third-order valence-electron chi connectivity index (χ3n) is 2.87. The van der Waals surface area contributed by atoms with Crippen LogP contribution in [0, 0.1) is 6.07 Å². The van der Waals surface area contributed by atoms with Crippen LogP contribution in [0.25, 0.3) is 11.3 Å². The zero-order valence-corrected chi connectivity index (χ0v) is 15.7. The van der Waals surface area contributed by atoms with Crippen molar-refractivity contribution in [2.45, 2.75) is 13.0 Å². The first-order valence-electron chi connectivity index (χ1n) is 6.46. The number of alkyl halides is 2. The zero-order valence-electron chi connectivity index (χ0n) is 12.1. The molecule has 0 amide bonds. The van der Waals surface area contributed by atoms with Crippen molar-refractivity contribution < 1.29 is 46.2 Å². The molecule has 0 unspecified atom stereocenters. The molecule has 0 saturated heterocycles. The minimum atomic E-state index is -2.65.